The fourth-order valence-corrected chi connectivity index (χ4v) is 5.13. The first-order chi connectivity index (χ1) is 15.5. The van der Waals surface area contributed by atoms with Crippen molar-refractivity contribution in [2.45, 2.75) is 44.6 Å². The van der Waals surface area contributed by atoms with E-state index >= 15 is 0 Å². The van der Waals surface area contributed by atoms with E-state index in [1.165, 1.54) is 7.05 Å². The van der Waals surface area contributed by atoms with Crippen molar-refractivity contribution < 1.29 is 17.9 Å². The Balaban J connectivity index is 1.75. The van der Waals surface area contributed by atoms with Crippen molar-refractivity contribution in [2.24, 2.45) is 0 Å². The Hall–Kier alpha value is -2.90. The summed E-state index contributed by atoms with van der Waals surface area (Å²) in [4.78, 5) is 12.9. The Morgan fingerprint density at radius 2 is 1.67 bits per heavy atom. The Bertz CT molecular complexity index is 1270. The third-order valence-electron chi connectivity index (χ3n) is 5.88. The first-order valence-electron chi connectivity index (χ1n) is 11.0. The van der Waals surface area contributed by atoms with Crippen LogP contribution in [-0.4, -0.2) is 39.3 Å². The summed E-state index contributed by atoms with van der Waals surface area (Å²) < 4.78 is 32.7. The lowest BCUT2D eigenvalue weighted by atomic mass is 9.93. The number of aryl methyl sites for hydroxylation is 1. The van der Waals surface area contributed by atoms with Gasteiger partial charge in [0.25, 0.3) is 0 Å². The van der Waals surface area contributed by atoms with E-state index in [9.17, 15) is 13.2 Å². The molecule has 1 amide bonds. The van der Waals surface area contributed by atoms with Gasteiger partial charge in [-0.1, -0.05) is 44.2 Å². The Labute approximate surface area is 196 Å². The van der Waals surface area contributed by atoms with Gasteiger partial charge in [-0.15, -0.1) is 0 Å². The van der Waals surface area contributed by atoms with Crippen LogP contribution in [0.3, 0.4) is 0 Å². The van der Waals surface area contributed by atoms with Gasteiger partial charge in [0.15, 0.2) is 0 Å². The highest BCUT2D eigenvalue weighted by molar-refractivity contribution is 7.89. The number of hydrogen-bond acceptors (Lipinski definition) is 4. The summed E-state index contributed by atoms with van der Waals surface area (Å²) in [6.07, 6.45) is 0. The minimum Gasteiger partial charge on any atom is -0.496 e. The predicted molar refractivity (Wildman–Crippen MR) is 132 cm³/mol. The van der Waals surface area contributed by atoms with Crippen molar-refractivity contribution in [2.75, 3.05) is 20.7 Å². The van der Waals surface area contributed by atoms with Crippen molar-refractivity contribution in [3.05, 3.63) is 71.3 Å². The van der Waals surface area contributed by atoms with E-state index in [1.54, 1.807) is 25.3 Å². The van der Waals surface area contributed by atoms with Crippen molar-refractivity contribution >= 4 is 26.7 Å². The molecule has 1 atom stereocenters. The number of methoxy groups -OCH3 is 1. The van der Waals surface area contributed by atoms with Crippen LogP contribution in [-0.2, 0) is 14.8 Å². The maximum atomic E-state index is 13.0. The van der Waals surface area contributed by atoms with Gasteiger partial charge >= 0.3 is 0 Å². The summed E-state index contributed by atoms with van der Waals surface area (Å²) in [5.74, 6) is 0.724. The van der Waals surface area contributed by atoms with Crippen molar-refractivity contribution in [3.63, 3.8) is 0 Å². The van der Waals surface area contributed by atoms with E-state index in [-0.39, 0.29) is 29.3 Å². The number of nitrogens with one attached hydrogen (secondary N) is 1. The molecule has 0 aromatic heterocycles. The smallest absolute Gasteiger partial charge is 0.243 e. The van der Waals surface area contributed by atoms with E-state index in [2.05, 4.69) is 25.2 Å². The quantitative estimate of drug-likeness (QED) is 0.516. The molecule has 0 saturated carbocycles. The predicted octanol–water partition coefficient (Wildman–Crippen LogP) is 4.78. The monoisotopic (exact) mass is 468 g/mol. The Kier molecular flexibility index (Phi) is 7.44. The highest BCUT2D eigenvalue weighted by Crippen LogP contribution is 2.32. The van der Waals surface area contributed by atoms with E-state index in [1.807, 2.05) is 44.2 Å². The molecule has 0 bridgehead atoms. The molecule has 6 nitrogen and oxygen atoms in total. The zero-order chi connectivity index (χ0) is 24.3. The molecule has 7 heteroatoms. The average Bonchev–Trinajstić information content (AvgIpc) is 2.77. The lowest BCUT2D eigenvalue weighted by Crippen LogP contribution is -2.39. The highest BCUT2D eigenvalue weighted by Gasteiger charge is 2.24. The molecule has 0 aliphatic rings. The SMILES string of the molecule is COc1cc(C)c([C@H](C)NC(=O)CN(C)S(=O)(=O)c2ccc3ccccc3c2)cc1C(C)C. The number of likely N-dealkylation sites (N-methyl/N-ethyl adjacent to an activating group) is 1. The number of carbonyl (C=O) groups is 1. The van der Waals surface area contributed by atoms with Crippen LogP contribution in [0.2, 0.25) is 0 Å². The first kappa shape index (κ1) is 24.7. The summed E-state index contributed by atoms with van der Waals surface area (Å²) in [5.41, 5.74) is 3.05. The van der Waals surface area contributed by atoms with Crippen LogP contribution in [0.15, 0.2) is 59.5 Å². The normalized spacial score (nSPS) is 12.8. The number of nitrogens with zero attached hydrogens (tertiary/aromatic N) is 1. The van der Waals surface area contributed by atoms with Crippen molar-refractivity contribution in [1.29, 1.82) is 0 Å². The van der Waals surface area contributed by atoms with Crippen LogP contribution in [0.1, 0.15) is 49.4 Å². The minimum absolute atomic E-state index is 0.164. The second-order valence-electron chi connectivity index (χ2n) is 8.66. The molecule has 0 fully saturated rings. The van der Waals surface area contributed by atoms with Crippen LogP contribution in [0.5, 0.6) is 5.75 Å². The van der Waals surface area contributed by atoms with Crippen molar-refractivity contribution in [3.8, 4) is 5.75 Å². The molecule has 0 radical (unpaired) electrons. The van der Waals surface area contributed by atoms with Gasteiger partial charge in [-0.3, -0.25) is 4.79 Å². The molecule has 0 aliphatic heterocycles. The number of rotatable bonds is 8. The summed E-state index contributed by atoms with van der Waals surface area (Å²) in [7, 11) is -0.734. The van der Waals surface area contributed by atoms with Crippen molar-refractivity contribution in [1.82, 2.24) is 9.62 Å². The summed E-state index contributed by atoms with van der Waals surface area (Å²) in [5, 5.41) is 4.73. The largest absolute Gasteiger partial charge is 0.496 e. The second kappa shape index (κ2) is 9.93. The zero-order valence-electron chi connectivity index (χ0n) is 20.0. The Morgan fingerprint density at radius 3 is 2.30 bits per heavy atom. The minimum atomic E-state index is -3.81. The molecule has 176 valence electrons. The standard InChI is InChI=1S/C26H32N2O4S/c1-17(2)23-15-24(18(3)13-25(23)32-6)19(4)27-26(29)16-28(5)33(30,31)22-12-11-20-9-7-8-10-21(20)14-22/h7-15,17,19H,16H2,1-6H3,(H,27,29)/t19-/m0/s1. The number of sulfonamides is 1. The van der Waals surface area contributed by atoms with E-state index in [4.69, 9.17) is 4.74 Å². The summed E-state index contributed by atoms with van der Waals surface area (Å²) in [6.45, 7) is 7.78. The van der Waals surface area contributed by atoms with Gasteiger partial charge < -0.3 is 10.1 Å². The van der Waals surface area contributed by atoms with Gasteiger partial charge in [0.1, 0.15) is 5.75 Å². The van der Waals surface area contributed by atoms with Crippen LogP contribution in [0.4, 0.5) is 0 Å². The molecule has 33 heavy (non-hydrogen) atoms. The van der Waals surface area contributed by atoms with Crippen LogP contribution >= 0.6 is 0 Å². The molecule has 1 N–H and O–H groups in total. The average molecular weight is 469 g/mol. The van der Waals surface area contributed by atoms with Gasteiger partial charge in [0.2, 0.25) is 15.9 Å². The molecule has 0 unspecified atom stereocenters. The van der Waals surface area contributed by atoms with E-state index in [0.717, 1.165) is 37.5 Å². The lowest BCUT2D eigenvalue weighted by Gasteiger charge is -2.22. The molecule has 3 aromatic rings. The van der Waals surface area contributed by atoms with E-state index < -0.39 is 10.0 Å². The fourth-order valence-electron chi connectivity index (χ4n) is 3.97. The first-order valence-corrected chi connectivity index (χ1v) is 12.4. The number of carbonyl (C=O) groups excluding carboxylic acids is 1. The van der Waals surface area contributed by atoms with Gasteiger partial charge in [0.05, 0.1) is 24.6 Å². The molecular formula is C26H32N2O4S. The zero-order valence-corrected chi connectivity index (χ0v) is 20.9. The second-order valence-corrected chi connectivity index (χ2v) is 10.7. The molecule has 3 aromatic carbocycles. The molecule has 0 saturated heterocycles. The number of hydrogen-bond donors (Lipinski definition) is 1. The number of fused-ring (bicyclic) bond motifs is 1. The Morgan fingerprint density at radius 1 is 1.00 bits per heavy atom. The number of ether oxygens (including phenoxy) is 1. The highest BCUT2D eigenvalue weighted by atomic mass is 32.2. The number of amides is 1. The van der Waals surface area contributed by atoms with Crippen LogP contribution < -0.4 is 10.1 Å². The summed E-state index contributed by atoms with van der Waals surface area (Å²) >= 11 is 0. The molecule has 0 aliphatic carbocycles. The molecular weight excluding hydrogens is 436 g/mol. The topological polar surface area (TPSA) is 75.7 Å². The van der Waals surface area contributed by atoms with Gasteiger partial charge in [-0.05, 0) is 71.5 Å². The molecule has 3 rings (SSSR count). The van der Waals surface area contributed by atoms with Gasteiger partial charge in [-0.2, -0.15) is 4.31 Å². The van der Waals surface area contributed by atoms with Gasteiger partial charge in [0, 0.05) is 7.05 Å². The number of benzene rings is 3. The van der Waals surface area contributed by atoms with Gasteiger partial charge in [-0.25, -0.2) is 8.42 Å². The third-order valence-corrected chi connectivity index (χ3v) is 7.68. The van der Waals surface area contributed by atoms with Crippen LogP contribution in [0.25, 0.3) is 10.8 Å². The molecule has 0 spiro atoms. The summed E-state index contributed by atoms with van der Waals surface area (Å²) in [6, 6.07) is 16.3. The maximum absolute atomic E-state index is 13.0. The van der Waals surface area contributed by atoms with E-state index in [0.29, 0.717) is 0 Å². The maximum Gasteiger partial charge on any atom is 0.243 e. The third kappa shape index (κ3) is 5.37. The fraction of sp³-hybridized carbons (Fsp3) is 0.346. The lowest BCUT2D eigenvalue weighted by molar-refractivity contribution is -0.121. The van der Waals surface area contributed by atoms with Crippen LogP contribution in [0, 0.1) is 6.92 Å². The molecule has 0 heterocycles.